The highest BCUT2D eigenvalue weighted by molar-refractivity contribution is 5.78. The fraction of sp³-hybridized carbons (Fsp3) is 0.929. The van der Waals surface area contributed by atoms with Gasteiger partial charge in [0.15, 0.2) is 0 Å². The zero-order valence-electron chi connectivity index (χ0n) is 11.2. The van der Waals surface area contributed by atoms with E-state index in [1.165, 1.54) is 32.1 Å². The average molecular weight is 255 g/mol. The highest BCUT2D eigenvalue weighted by Gasteiger charge is 2.22. The zero-order valence-corrected chi connectivity index (χ0v) is 11.2. The van der Waals surface area contributed by atoms with Crippen LogP contribution in [-0.2, 0) is 14.3 Å². The second-order valence-electron chi connectivity index (χ2n) is 5.34. The second kappa shape index (κ2) is 7.74. The first kappa shape index (κ1) is 13.8. The molecule has 1 N–H and O–H groups in total. The summed E-state index contributed by atoms with van der Waals surface area (Å²) in [5.41, 5.74) is 0. The van der Waals surface area contributed by atoms with Crippen molar-refractivity contribution < 1.29 is 14.3 Å². The van der Waals surface area contributed by atoms with Crippen molar-refractivity contribution >= 4 is 5.91 Å². The van der Waals surface area contributed by atoms with E-state index in [1.54, 1.807) is 0 Å². The van der Waals surface area contributed by atoms with Crippen LogP contribution in [0.5, 0.6) is 0 Å². The third-order valence-corrected chi connectivity index (χ3v) is 3.83. The molecule has 1 saturated heterocycles. The lowest BCUT2D eigenvalue weighted by Gasteiger charge is -2.22. The predicted octanol–water partition coefficient (Wildman–Crippen LogP) is 1.88. The maximum absolute atomic E-state index is 11.7. The van der Waals surface area contributed by atoms with E-state index in [9.17, 15) is 4.79 Å². The van der Waals surface area contributed by atoms with Crippen molar-refractivity contribution in [2.75, 3.05) is 26.4 Å². The van der Waals surface area contributed by atoms with E-state index in [0.29, 0.717) is 12.7 Å². The molecular formula is C14H25NO3. The van der Waals surface area contributed by atoms with E-state index in [2.05, 4.69) is 5.32 Å². The molecule has 1 atom stereocenters. The highest BCUT2D eigenvalue weighted by atomic mass is 16.5. The van der Waals surface area contributed by atoms with Crippen molar-refractivity contribution in [2.24, 2.45) is 5.92 Å². The standard InChI is InChI=1S/C14H25NO3/c16-14(12-7-10-17-11-12)15-8-4-9-18-13-5-2-1-3-6-13/h12-13H,1-11H2,(H,15,16). The van der Waals surface area contributed by atoms with Crippen molar-refractivity contribution in [2.45, 2.75) is 51.0 Å². The molecule has 2 fully saturated rings. The summed E-state index contributed by atoms with van der Waals surface area (Å²) in [6, 6.07) is 0. The second-order valence-corrected chi connectivity index (χ2v) is 5.34. The molecule has 4 heteroatoms. The Morgan fingerprint density at radius 1 is 1.22 bits per heavy atom. The Hall–Kier alpha value is -0.610. The summed E-state index contributed by atoms with van der Waals surface area (Å²) in [5.74, 6) is 0.217. The van der Waals surface area contributed by atoms with Gasteiger partial charge >= 0.3 is 0 Å². The highest BCUT2D eigenvalue weighted by Crippen LogP contribution is 2.20. The minimum atomic E-state index is 0.0734. The number of carbonyl (C=O) groups is 1. The number of amides is 1. The van der Waals surface area contributed by atoms with Crippen LogP contribution in [0.15, 0.2) is 0 Å². The van der Waals surface area contributed by atoms with Crippen LogP contribution in [0.2, 0.25) is 0 Å². The largest absolute Gasteiger partial charge is 0.381 e. The fourth-order valence-electron chi connectivity index (χ4n) is 2.65. The van der Waals surface area contributed by atoms with E-state index in [0.717, 1.165) is 32.6 Å². The SMILES string of the molecule is O=C(NCCCOC1CCCCC1)C1CCOC1. The van der Waals surface area contributed by atoms with Crippen LogP contribution in [-0.4, -0.2) is 38.4 Å². The van der Waals surface area contributed by atoms with Gasteiger partial charge in [-0.1, -0.05) is 19.3 Å². The van der Waals surface area contributed by atoms with E-state index in [-0.39, 0.29) is 11.8 Å². The Bertz CT molecular complexity index is 245. The van der Waals surface area contributed by atoms with Gasteiger partial charge in [-0.15, -0.1) is 0 Å². The fourth-order valence-corrected chi connectivity index (χ4v) is 2.65. The number of carbonyl (C=O) groups excluding carboxylic acids is 1. The molecule has 0 bridgehead atoms. The van der Waals surface area contributed by atoms with Crippen molar-refractivity contribution in [3.8, 4) is 0 Å². The van der Waals surface area contributed by atoms with Gasteiger partial charge < -0.3 is 14.8 Å². The molecule has 2 rings (SSSR count). The van der Waals surface area contributed by atoms with Gasteiger partial charge in [-0.05, 0) is 25.7 Å². The van der Waals surface area contributed by atoms with Gasteiger partial charge in [0.2, 0.25) is 5.91 Å². The number of nitrogens with one attached hydrogen (secondary N) is 1. The van der Waals surface area contributed by atoms with E-state index >= 15 is 0 Å². The maximum Gasteiger partial charge on any atom is 0.225 e. The molecule has 1 amide bonds. The lowest BCUT2D eigenvalue weighted by Crippen LogP contribution is -2.32. The third-order valence-electron chi connectivity index (χ3n) is 3.83. The van der Waals surface area contributed by atoms with E-state index < -0.39 is 0 Å². The van der Waals surface area contributed by atoms with Crippen molar-refractivity contribution in [3.63, 3.8) is 0 Å². The van der Waals surface area contributed by atoms with Gasteiger partial charge in [0.05, 0.1) is 18.6 Å². The molecule has 0 radical (unpaired) electrons. The average Bonchev–Trinajstić information content (AvgIpc) is 2.93. The molecule has 18 heavy (non-hydrogen) atoms. The van der Waals surface area contributed by atoms with Gasteiger partial charge in [-0.2, -0.15) is 0 Å². The van der Waals surface area contributed by atoms with Crippen LogP contribution in [0.1, 0.15) is 44.9 Å². The Kier molecular flexibility index (Phi) is 5.94. The minimum absolute atomic E-state index is 0.0734. The molecule has 2 aliphatic rings. The first-order valence-corrected chi connectivity index (χ1v) is 7.33. The Morgan fingerprint density at radius 3 is 2.78 bits per heavy atom. The van der Waals surface area contributed by atoms with Gasteiger partial charge in [0, 0.05) is 19.8 Å². The third kappa shape index (κ3) is 4.58. The van der Waals surface area contributed by atoms with Crippen molar-refractivity contribution in [1.29, 1.82) is 0 Å². The number of hydrogen-bond acceptors (Lipinski definition) is 3. The van der Waals surface area contributed by atoms with Gasteiger partial charge in [0.1, 0.15) is 0 Å². The predicted molar refractivity (Wildman–Crippen MR) is 69.4 cm³/mol. The summed E-state index contributed by atoms with van der Waals surface area (Å²) < 4.78 is 11.0. The molecule has 4 nitrogen and oxygen atoms in total. The van der Waals surface area contributed by atoms with Crippen LogP contribution in [0.3, 0.4) is 0 Å². The zero-order chi connectivity index (χ0) is 12.6. The van der Waals surface area contributed by atoms with Crippen LogP contribution >= 0.6 is 0 Å². The molecule has 1 saturated carbocycles. The Labute approximate surface area is 109 Å². The number of rotatable bonds is 6. The van der Waals surface area contributed by atoms with Crippen LogP contribution < -0.4 is 5.32 Å². The molecule has 1 aliphatic carbocycles. The van der Waals surface area contributed by atoms with E-state index in [4.69, 9.17) is 9.47 Å². The van der Waals surface area contributed by atoms with Crippen molar-refractivity contribution in [1.82, 2.24) is 5.32 Å². The molecule has 1 heterocycles. The molecule has 1 aliphatic heterocycles. The number of hydrogen-bond donors (Lipinski definition) is 1. The van der Waals surface area contributed by atoms with Crippen LogP contribution in [0.25, 0.3) is 0 Å². The minimum Gasteiger partial charge on any atom is -0.381 e. The van der Waals surface area contributed by atoms with E-state index in [1.807, 2.05) is 0 Å². The summed E-state index contributed by atoms with van der Waals surface area (Å²) in [7, 11) is 0. The van der Waals surface area contributed by atoms with Crippen LogP contribution in [0, 0.1) is 5.92 Å². The topological polar surface area (TPSA) is 47.6 Å². The maximum atomic E-state index is 11.7. The first-order valence-electron chi connectivity index (χ1n) is 7.33. The Balaban J connectivity index is 1.46. The molecule has 104 valence electrons. The van der Waals surface area contributed by atoms with Gasteiger partial charge in [0.25, 0.3) is 0 Å². The molecule has 1 unspecified atom stereocenters. The normalized spacial score (nSPS) is 25.2. The first-order chi connectivity index (χ1) is 8.86. The molecule has 0 aromatic heterocycles. The lowest BCUT2D eigenvalue weighted by atomic mass is 9.98. The van der Waals surface area contributed by atoms with Gasteiger partial charge in [-0.3, -0.25) is 4.79 Å². The summed E-state index contributed by atoms with van der Waals surface area (Å²) in [5, 5.41) is 2.96. The smallest absolute Gasteiger partial charge is 0.225 e. The van der Waals surface area contributed by atoms with Gasteiger partial charge in [-0.25, -0.2) is 0 Å². The summed E-state index contributed by atoms with van der Waals surface area (Å²) in [6.07, 6.45) is 8.65. The molecule has 0 spiro atoms. The molecular weight excluding hydrogens is 230 g/mol. The summed E-state index contributed by atoms with van der Waals surface area (Å²) >= 11 is 0. The molecule has 0 aromatic rings. The summed E-state index contributed by atoms with van der Waals surface area (Å²) in [4.78, 5) is 11.7. The molecule has 0 aromatic carbocycles. The lowest BCUT2D eigenvalue weighted by molar-refractivity contribution is -0.125. The van der Waals surface area contributed by atoms with Crippen molar-refractivity contribution in [3.05, 3.63) is 0 Å². The van der Waals surface area contributed by atoms with Crippen LogP contribution in [0.4, 0.5) is 0 Å². The quantitative estimate of drug-likeness (QED) is 0.737. The monoisotopic (exact) mass is 255 g/mol. The summed E-state index contributed by atoms with van der Waals surface area (Å²) in [6.45, 7) is 2.81. The Morgan fingerprint density at radius 2 is 2.06 bits per heavy atom. The number of ether oxygens (including phenoxy) is 2.